The van der Waals surface area contributed by atoms with Gasteiger partial charge < -0.3 is 0 Å². The van der Waals surface area contributed by atoms with E-state index >= 15 is 0 Å². The number of allylic oxidation sites excluding steroid dienone is 1. The molecule has 0 saturated heterocycles. The molecule has 0 fully saturated rings. The molecule has 0 unspecified atom stereocenters. The van der Waals surface area contributed by atoms with Gasteiger partial charge in [-0.2, -0.15) is 5.26 Å². The van der Waals surface area contributed by atoms with Crippen molar-refractivity contribution in [2.45, 2.75) is 0 Å². The first-order valence-corrected chi connectivity index (χ1v) is 3.30. The smallest absolute Gasteiger partial charge is 0.221 e. The minimum atomic E-state index is -0.418. The molecule has 0 aromatic carbocycles. The molecule has 58 valence electrons. The molecule has 1 aromatic heterocycles. The molecule has 0 aliphatic rings. The van der Waals surface area contributed by atoms with Gasteiger partial charge in [0.05, 0.1) is 5.57 Å². The second-order valence-electron chi connectivity index (χ2n) is 2.13. The number of carbonyl (C=O) groups is 1. The van der Waals surface area contributed by atoms with Crippen molar-refractivity contribution in [1.82, 2.24) is 4.98 Å². The third kappa shape index (κ3) is 1.55. The summed E-state index contributed by atoms with van der Waals surface area (Å²) in [6.07, 6.45) is 1.50. The first-order valence-electron chi connectivity index (χ1n) is 3.30. The Morgan fingerprint density at radius 1 is 1.58 bits per heavy atom. The number of nitriles is 1. The lowest BCUT2D eigenvalue weighted by Crippen LogP contribution is -2.02. The molecule has 0 N–H and O–H groups in total. The molecule has 12 heavy (non-hydrogen) atoms. The summed E-state index contributed by atoms with van der Waals surface area (Å²) in [4.78, 5) is 15.0. The van der Waals surface area contributed by atoms with Gasteiger partial charge in [-0.15, -0.1) is 0 Å². The minimum absolute atomic E-state index is 0.0892. The van der Waals surface area contributed by atoms with Crippen LogP contribution in [0.4, 0.5) is 0 Å². The molecule has 1 aromatic rings. The predicted molar refractivity (Wildman–Crippen MR) is 43.3 cm³/mol. The summed E-state index contributed by atoms with van der Waals surface area (Å²) in [6, 6.07) is 6.61. The lowest BCUT2D eigenvalue weighted by Gasteiger charge is -1.93. The maximum absolute atomic E-state index is 11.2. The van der Waals surface area contributed by atoms with E-state index in [0.717, 1.165) is 0 Å². The normalized spacial score (nSPS) is 8.58. The van der Waals surface area contributed by atoms with E-state index in [1.165, 1.54) is 6.20 Å². The summed E-state index contributed by atoms with van der Waals surface area (Å²) >= 11 is 0. The van der Waals surface area contributed by atoms with Gasteiger partial charge in [0.2, 0.25) is 5.78 Å². The van der Waals surface area contributed by atoms with Crippen molar-refractivity contribution < 1.29 is 4.79 Å². The summed E-state index contributed by atoms with van der Waals surface area (Å²) < 4.78 is 0. The number of rotatable bonds is 2. The minimum Gasteiger partial charge on any atom is -0.286 e. The standard InChI is InChI=1S/C9H6N2O/c1-7(6-10)9(12)8-4-2-3-5-11-8/h2-5H,1H2. The molecule has 0 amide bonds. The van der Waals surface area contributed by atoms with E-state index in [9.17, 15) is 4.79 Å². The van der Waals surface area contributed by atoms with Crippen LogP contribution in [0.15, 0.2) is 36.5 Å². The van der Waals surface area contributed by atoms with Gasteiger partial charge in [0.1, 0.15) is 11.8 Å². The molecular weight excluding hydrogens is 152 g/mol. The molecule has 0 aliphatic heterocycles. The molecule has 0 bridgehead atoms. The monoisotopic (exact) mass is 158 g/mol. The van der Waals surface area contributed by atoms with Crippen LogP contribution in [0.25, 0.3) is 0 Å². The lowest BCUT2D eigenvalue weighted by molar-refractivity contribution is 0.103. The highest BCUT2D eigenvalue weighted by molar-refractivity contribution is 6.09. The molecule has 0 atom stereocenters. The van der Waals surface area contributed by atoms with Gasteiger partial charge in [-0.25, -0.2) is 0 Å². The summed E-state index contributed by atoms with van der Waals surface area (Å²) in [6.45, 7) is 3.30. The van der Waals surface area contributed by atoms with E-state index in [2.05, 4.69) is 11.6 Å². The topological polar surface area (TPSA) is 53.8 Å². The summed E-state index contributed by atoms with van der Waals surface area (Å²) in [5, 5.41) is 8.37. The fraction of sp³-hybridized carbons (Fsp3) is 0. The highest BCUT2D eigenvalue weighted by Gasteiger charge is 2.09. The van der Waals surface area contributed by atoms with Gasteiger partial charge in [-0.05, 0) is 12.1 Å². The van der Waals surface area contributed by atoms with Crippen LogP contribution in [0.3, 0.4) is 0 Å². The van der Waals surface area contributed by atoms with Crippen LogP contribution in [-0.4, -0.2) is 10.8 Å². The number of carbonyl (C=O) groups excluding carboxylic acids is 1. The summed E-state index contributed by atoms with van der Waals surface area (Å²) in [5.41, 5.74) is 0.165. The zero-order valence-electron chi connectivity index (χ0n) is 6.32. The van der Waals surface area contributed by atoms with Crippen molar-refractivity contribution in [1.29, 1.82) is 5.26 Å². The van der Waals surface area contributed by atoms with Crippen LogP contribution in [0.5, 0.6) is 0 Å². The van der Waals surface area contributed by atoms with Crippen LogP contribution in [0.1, 0.15) is 10.5 Å². The van der Waals surface area contributed by atoms with Crippen LogP contribution >= 0.6 is 0 Å². The largest absolute Gasteiger partial charge is 0.286 e. The van der Waals surface area contributed by atoms with Gasteiger partial charge in [0.25, 0.3) is 0 Å². The van der Waals surface area contributed by atoms with Crippen molar-refractivity contribution in [3.8, 4) is 6.07 Å². The van der Waals surface area contributed by atoms with E-state index in [-0.39, 0.29) is 11.3 Å². The Morgan fingerprint density at radius 2 is 2.33 bits per heavy atom. The van der Waals surface area contributed by atoms with E-state index in [0.29, 0.717) is 0 Å². The third-order valence-electron chi connectivity index (χ3n) is 1.31. The molecular formula is C9H6N2O. The van der Waals surface area contributed by atoms with E-state index in [4.69, 9.17) is 5.26 Å². The fourth-order valence-corrected chi connectivity index (χ4v) is 0.702. The van der Waals surface area contributed by atoms with E-state index in [1.54, 1.807) is 24.3 Å². The van der Waals surface area contributed by atoms with Crippen LogP contribution in [0, 0.1) is 11.3 Å². The molecule has 3 nitrogen and oxygen atoms in total. The molecule has 1 rings (SSSR count). The first kappa shape index (κ1) is 8.15. The number of pyridine rings is 1. The number of ketones is 1. The quantitative estimate of drug-likeness (QED) is 0.371. The van der Waals surface area contributed by atoms with Crippen molar-refractivity contribution in [3.63, 3.8) is 0 Å². The maximum Gasteiger partial charge on any atom is 0.221 e. The Morgan fingerprint density at radius 3 is 2.83 bits per heavy atom. The highest BCUT2D eigenvalue weighted by Crippen LogP contribution is 2.01. The molecule has 1 heterocycles. The second-order valence-corrected chi connectivity index (χ2v) is 2.13. The number of Topliss-reactive ketones (excluding diaryl/α,β-unsaturated/α-hetero) is 1. The van der Waals surface area contributed by atoms with Gasteiger partial charge in [0, 0.05) is 6.20 Å². The number of aromatic nitrogens is 1. The van der Waals surface area contributed by atoms with Crippen LogP contribution in [-0.2, 0) is 0 Å². The van der Waals surface area contributed by atoms with Gasteiger partial charge >= 0.3 is 0 Å². The predicted octanol–water partition coefficient (Wildman–Crippen LogP) is 1.34. The van der Waals surface area contributed by atoms with Crippen molar-refractivity contribution in [2.24, 2.45) is 0 Å². The molecule has 0 aliphatic carbocycles. The zero-order valence-corrected chi connectivity index (χ0v) is 6.32. The Balaban J connectivity index is 2.96. The van der Waals surface area contributed by atoms with Crippen molar-refractivity contribution in [2.75, 3.05) is 0 Å². The van der Waals surface area contributed by atoms with Gasteiger partial charge in [-0.1, -0.05) is 12.6 Å². The molecule has 3 heteroatoms. The number of nitrogens with zero attached hydrogens (tertiary/aromatic N) is 2. The lowest BCUT2D eigenvalue weighted by atomic mass is 10.1. The summed E-state index contributed by atoms with van der Waals surface area (Å²) in [5.74, 6) is -0.418. The van der Waals surface area contributed by atoms with Gasteiger partial charge in [-0.3, -0.25) is 9.78 Å². The fourth-order valence-electron chi connectivity index (χ4n) is 0.702. The van der Waals surface area contributed by atoms with Gasteiger partial charge in [0.15, 0.2) is 0 Å². The average Bonchev–Trinajstić information content (AvgIpc) is 2.17. The van der Waals surface area contributed by atoms with Crippen LogP contribution in [0.2, 0.25) is 0 Å². The van der Waals surface area contributed by atoms with E-state index < -0.39 is 5.78 Å². The molecule has 0 saturated carbocycles. The average molecular weight is 158 g/mol. The van der Waals surface area contributed by atoms with E-state index in [1.807, 2.05) is 0 Å². The Labute approximate surface area is 70.0 Å². The zero-order chi connectivity index (χ0) is 8.97. The maximum atomic E-state index is 11.2. The first-order chi connectivity index (χ1) is 5.75. The Bertz CT molecular complexity index is 349. The number of hydrogen-bond acceptors (Lipinski definition) is 3. The van der Waals surface area contributed by atoms with Crippen molar-refractivity contribution >= 4 is 5.78 Å². The number of hydrogen-bond donors (Lipinski definition) is 0. The summed E-state index contributed by atoms with van der Waals surface area (Å²) in [7, 11) is 0. The SMILES string of the molecule is C=C(C#N)C(=O)c1ccccn1. The highest BCUT2D eigenvalue weighted by atomic mass is 16.1. The molecule has 0 spiro atoms. The third-order valence-corrected chi connectivity index (χ3v) is 1.31. The van der Waals surface area contributed by atoms with Crippen LogP contribution < -0.4 is 0 Å². The molecule has 0 radical (unpaired) electrons. The second kappa shape index (κ2) is 3.44. The van der Waals surface area contributed by atoms with Crippen molar-refractivity contribution in [3.05, 3.63) is 42.2 Å². The Kier molecular flexibility index (Phi) is 2.34. The Hall–Kier alpha value is -1.95.